The van der Waals surface area contributed by atoms with Gasteiger partial charge < -0.3 is 9.47 Å². The van der Waals surface area contributed by atoms with E-state index in [4.69, 9.17) is 9.47 Å². The van der Waals surface area contributed by atoms with Crippen molar-refractivity contribution in [3.8, 4) is 11.5 Å². The Morgan fingerprint density at radius 2 is 1.78 bits per heavy atom. The fourth-order valence-corrected chi connectivity index (χ4v) is 3.01. The number of rotatable bonds is 5. The first-order chi connectivity index (χ1) is 12.8. The van der Waals surface area contributed by atoms with Gasteiger partial charge in [0.1, 0.15) is 0 Å². The van der Waals surface area contributed by atoms with Crippen LogP contribution in [0, 0.1) is 0 Å². The molecule has 0 spiro atoms. The molecule has 1 heterocycles. The Morgan fingerprint density at radius 1 is 1.04 bits per heavy atom. The highest BCUT2D eigenvalue weighted by atomic mass is 19.4. The van der Waals surface area contributed by atoms with E-state index in [9.17, 15) is 18.0 Å². The number of methoxy groups -OCH3 is 1. The molecule has 0 aliphatic rings. The first kappa shape index (κ1) is 18.9. The van der Waals surface area contributed by atoms with Crippen molar-refractivity contribution in [2.24, 2.45) is 7.05 Å². The number of aromatic nitrogens is 2. The van der Waals surface area contributed by atoms with E-state index in [1.54, 1.807) is 18.2 Å². The molecule has 0 bridgehead atoms. The molecule has 0 radical (unpaired) electrons. The number of halogens is 3. The highest BCUT2D eigenvalue weighted by Crippen LogP contribution is 2.32. The van der Waals surface area contributed by atoms with Crippen LogP contribution in [-0.2, 0) is 19.8 Å². The summed E-state index contributed by atoms with van der Waals surface area (Å²) in [5.41, 5.74) is 0.260. The molecule has 0 saturated carbocycles. The fraction of sp³-hybridized carbons (Fsp3) is 0.316. The third-order valence-electron chi connectivity index (χ3n) is 4.34. The zero-order valence-electron chi connectivity index (χ0n) is 15.1. The highest BCUT2D eigenvalue weighted by molar-refractivity contribution is 5.77. The van der Waals surface area contributed by atoms with E-state index in [0.717, 1.165) is 17.7 Å². The Bertz CT molecular complexity index is 1040. The minimum Gasteiger partial charge on any atom is -0.493 e. The third kappa shape index (κ3) is 3.51. The van der Waals surface area contributed by atoms with Gasteiger partial charge in [0.25, 0.3) is 0 Å². The third-order valence-corrected chi connectivity index (χ3v) is 4.34. The van der Waals surface area contributed by atoms with Crippen LogP contribution >= 0.6 is 0 Å². The molecule has 2 aromatic carbocycles. The average Bonchev–Trinajstić information content (AvgIpc) is 2.86. The van der Waals surface area contributed by atoms with Crippen molar-refractivity contribution >= 4 is 11.0 Å². The van der Waals surface area contributed by atoms with Gasteiger partial charge >= 0.3 is 11.9 Å². The van der Waals surface area contributed by atoms with Gasteiger partial charge in [0.05, 0.1) is 36.9 Å². The lowest BCUT2D eigenvalue weighted by atomic mass is 10.1. The summed E-state index contributed by atoms with van der Waals surface area (Å²) in [7, 11) is 2.99. The second-order valence-corrected chi connectivity index (χ2v) is 6.05. The van der Waals surface area contributed by atoms with Gasteiger partial charge in [0.2, 0.25) is 0 Å². The Labute approximate surface area is 153 Å². The maximum atomic E-state index is 13.0. The molecule has 0 saturated heterocycles. The minimum absolute atomic E-state index is 0.200. The van der Waals surface area contributed by atoms with Crippen molar-refractivity contribution in [1.82, 2.24) is 9.13 Å². The first-order valence-corrected chi connectivity index (χ1v) is 8.32. The van der Waals surface area contributed by atoms with Gasteiger partial charge in [-0.25, -0.2) is 4.79 Å². The molecule has 0 unspecified atom stereocenters. The predicted molar refractivity (Wildman–Crippen MR) is 95.4 cm³/mol. The van der Waals surface area contributed by atoms with E-state index in [-0.39, 0.29) is 12.1 Å². The molecule has 144 valence electrons. The number of aryl methyl sites for hydroxylation is 1. The number of ether oxygens (including phenoxy) is 2. The zero-order valence-corrected chi connectivity index (χ0v) is 15.1. The summed E-state index contributed by atoms with van der Waals surface area (Å²) < 4.78 is 52.3. The summed E-state index contributed by atoms with van der Waals surface area (Å²) in [6.07, 6.45) is -4.46. The Hall–Kier alpha value is -2.90. The van der Waals surface area contributed by atoms with Crippen molar-refractivity contribution < 1.29 is 22.6 Å². The van der Waals surface area contributed by atoms with Crippen LogP contribution in [-0.4, -0.2) is 22.9 Å². The Morgan fingerprint density at radius 3 is 2.41 bits per heavy atom. The number of alkyl halides is 3. The number of hydrogen-bond acceptors (Lipinski definition) is 3. The average molecular weight is 380 g/mol. The van der Waals surface area contributed by atoms with Gasteiger partial charge in [-0.1, -0.05) is 6.07 Å². The summed E-state index contributed by atoms with van der Waals surface area (Å²) in [5, 5.41) is 0. The molecule has 27 heavy (non-hydrogen) atoms. The van der Waals surface area contributed by atoms with Crippen LogP contribution in [0.4, 0.5) is 13.2 Å². The first-order valence-electron chi connectivity index (χ1n) is 8.32. The SMILES string of the molecule is CCOc1cc(Cn2c(=O)n(C)c3cc(C(F)(F)F)ccc32)ccc1OC. The molecule has 0 fully saturated rings. The molecule has 1 aromatic heterocycles. The van der Waals surface area contributed by atoms with E-state index < -0.39 is 17.4 Å². The molecule has 0 amide bonds. The van der Waals surface area contributed by atoms with E-state index in [2.05, 4.69) is 0 Å². The maximum Gasteiger partial charge on any atom is 0.416 e. The Kier molecular flexibility index (Phi) is 4.91. The molecular formula is C19H19F3N2O3. The molecule has 0 atom stereocenters. The van der Waals surface area contributed by atoms with E-state index in [1.807, 2.05) is 6.92 Å². The number of fused-ring (bicyclic) bond motifs is 1. The van der Waals surface area contributed by atoms with Crippen molar-refractivity contribution in [1.29, 1.82) is 0 Å². The molecule has 3 rings (SSSR count). The monoisotopic (exact) mass is 380 g/mol. The van der Waals surface area contributed by atoms with Gasteiger partial charge in [-0.15, -0.1) is 0 Å². The molecule has 0 N–H and O–H groups in total. The van der Waals surface area contributed by atoms with Crippen LogP contribution in [0.3, 0.4) is 0 Å². The number of hydrogen-bond donors (Lipinski definition) is 0. The smallest absolute Gasteiger partial charge is 0.416 e. The molecular weight excluding hydrogens is 361 g/mol. The van der Waals surface area contributed by atoms with Crippen LogP contribution in [0.2, 0.25) is 0 Å². The van der Waals surface area contributed by atoms with Crippen molar-refractivity contribution in [2.45, 2.75) is 19.6 Å². The second-order valence-electron chi connectivity index (χ2n) is 6.05. The molecule has 5 nitrogen and oxygen atoms in total. The normalized spacial score (nSPS) is 11.8. The maximum absolute atomic E-state index is 13.0. The van der Waals surface area contributed by atoms with Crippen molar-refractivity contribution in [3.05, 3.63) is 58.0 Å². The summed E-state index contributed by atoms with van der Waals surface area (Å²) in [6, 6.07) is 8.59. The number of nitrogens with zero attached hydrogens (tertiary/aromatic N) is 2. The molecule has 3 aromatic rings. The largest absolute Gasteiger partial charge is 0.493 e. The lowest BCUT2D eigenvalue weighted by Crippen LogP contribution is -2.22. The van der Waals surface area contributed by atoms with Crippen molar-refractivity contribution in [2.75, 3.05) is 13.7 Å². The van der Waals surface area contributed by atoms with Gasteiger partial charge in [-0.2, -0.15) is 13.2 Å². The second kappa shape index (κ2) is 7.02. The standard InChI is InChI=1S/C19H19F3N2O3/c1-4-27-17-9-12(5-8-16(17)26-3)11-24-14-7-6-13(19(20,21)22)10-15(14)23(2)18(24)25/h5-10H,4,11H2,1-3H3. The van der Waals surface area contributed by atoms with E-state index in [1.165, 1.54) is 29.4 Å². The van der Waals surface area contributed by atoms with E-state index >= 15 is 0 Å². The van der Waals surface area contributed by atoms with Crippen LogP contribution in [0.1, 0.15) is 18.1 Å². The van der Waals surface area contributed by atoms with Gasteiger partial charge in [-0.05, 0) is 42.8 Å². The van der Waals surface area contributed by atoms with Crippen LogP contribution in [0.15, 0.2) is 41.2 Å². The van der Waals surface area contributed by atoms with Gasteiger partial charge in [0.15, 0.2) is 11.5 Å². The summed E-state index contributed by atoms with van der Waals surface area (Å²) >= 11 is 0. The molecule has 0 aliphatic carbocycles. The highest BCUT2D eigenvalue weighted by Gasteiger charge is 2.31. The van der Waals surface area contributed by atoms with E-state index in [0.29, 0.717) is 23.6 Å². The zero-order chi connectivity index (χ0) is 19.8. The quantitative estimate of drug-likeness (QED) is 0.676. The minimum atomic E-state index is -4.46. The fourth-order valence-electron chi connectivity index (χ4n) is 3.01. The van der Waals surface area contributed by atoms with Crippen LogP contribution in [0.25, 0.3) is 11.0 Å². The van der Waals surface area contributed by atoms with Crippen LogP contribution in [0.5, 0.6) is 11.5 Å². The van der Waals surface area contributed by atoms with Gasteiger partial charge in [0, 0.05) is 7.05 Å². The summed E-state index contributed by atoms with van der Waals surface area (Å²) in [6.45, 7) is 2.50. The van der Waals surface area contributed by atoms with Crippen LogP contribution < -0.4 is 15.2 Å². The summed E-state index contributed by atoms with van der Waals surface area (Å²) in [5.74, 6) is 1.12. The van der Waals surface area contributed by atoms with Gasteiger partial charge in [-0.3, -0.25) is 9.13 Å². The molecule has 8 heteroatoms. The summed E-state index contributed by atoms with van der Waals surface area (Å²) in [4.78, 5) is 12.6. The lowest BCUT2D eigenvalue weighted by Gasteiger charge is -2.12. The predicted octanol–water partition coefficient (Wildman–Crippen LogP) is 3.81. The Balaban J connectivity index is 2.06. The number of imidazole rings is 1. The lowest BCUT2D eigenvalue weighted by molar-refractivity contribution is -0.137. The topological polar surface area (TPSA) is 45.4 Å². The van der Waals surface area contributed by atoms with Crippen molar-refractivity contribution in [3.63, 3.8) is 0 Å². The number of benzene rings is 2. The molecule has 0 aliphatic heterocycles.